The fourth-order valence-corrected chi connectivity index (χ4v) is 2.57. The zero-order valence-corrected chi connectivity index (χ0v) is 10.2. The van der Waals surface area contributed by atoms with E-state index >= 15 is 0 Å². The molecule has 0 spiro atoms. The normalized spacial score (nSPS) is 25.6. The molecule has 0 radical (unpaired) electrons. The molecule has 2 N–H and O–H groups in total. The summed E-state index contributed by atoms with van der Waals surface area (Å²) in [5, 5.41) is 13.0. The van der Waals surface area contributed by atoms with Crippen molar-refractivity contribution in [3.63, 3.8) is 0 Å². The quantitative estimate of drug-likeness (QED) is 0.767. The second kappa shape index (κ2) is 4.51. The van der Waals surface area contributed by atoms with Gasteiger partial charge in [-0.2, -0.15) is 0 Å². The van der Waals surface area contributed by atoms with Crippen molar-refractivity contribution in [2.75, 3.05) is 11.9 Å². The molecule has 2 aliphatic rings. The van der Waals surface area contributed by atoms with Crippen LogP contribution in [0, 0.1) is 0 Å². The number of aromatic nitrogens is 1. The first-order valence-electron chi connectivity index (χ1n) is 6.17. The Morgan fingerprint density at radius 2 is 2.26 bits per heavy atom. The van der Waals surface area contributed by atoms with Gasteiger partial charge in [-0.15, -0.1) is 0 Å². The van der Waals surface area contributed by atoms with Crippen molar-refractivity contribution in [2.45, 2.75) is 24.9 Å². The fraction of sp³-hybridized carbons (Fsp3) is 0.417. The Labute approximate surface area is 109 Å². The number of hydrogen-bond acceptors (Lipinski definition) is 4. The average Bonchev–Trinajstić information content (AvgIpc) is 2.65. The zero-order chi connectivity index (χ0) is 13.4. The molecule has 2 saturated heterocycles. The topological polar surface area (TPSA) is 85.8 Å². The lowest BCUT2D eigenvalue weighted by molar-refractivity contribution is -0.120. The maximum absolute atomic E-state index is 12.2. The highest BCUT2D eigenvalue weighted by Crippen LogP contribution is 2.28. The molecule has 0 saturated carbocycles. The number of urea groups is 1. The highest BCUT2D eigenvalue weighted by molar-refractivity contribution is 5.96. The molecule has 100 valence electrons. The van der Waals surface area contributed by atoms with E-state index in [4.69, 9.17) is 0 Å². The molecule has 0 aromatic carbocycles. The van der Waals surface area contributed by atoms with Gasteiger partial charge in [0.25, 0.3) is 0 Å². The van der Waals surface area contributed by atoms with Gasteiger partial charge in [-0.3, -0.25) is 10.0 Å². The van der Waals surface area contributed by atoms with Crippen LogP contribution in [-0.2, 0) is 4.79 Å². The molecule has 7 heteroatoms. The van der Waals surface area contributed by atoms with Gasteiger partial charge in [-0.1, -0.05) is 6.07 Å². The minimum Gasteiger partial charge on any atom is -0.309 e. The monoisotopic (exact) mass is 262 g/mol. The summed E-state index contributed by atoms with van der Waals surface area (Å²) in [6.45, 7) is 0.398. The van der Waals surface area contributed by atoms with E-state index in [-0.39, 0.29) is 11.9 Å². The zero-order valence-electron chi connectivity index (χ0n) is 10.2. The summed E-state index contributed by atoms with van der Waals surface area (Å²) in [5.74, 6) is 0.197. The number of fused-ring (bicyclic) bond motifs is 2. The summed E-state index contributed by atoms with van der Waals surface area (Å²) >= 11 is 0. The fourth-order valence-electron chi connectivity index (χ4n) is 2.57. The van der Waals surface area contributed by atoms with E-state index in [1.807, 2.05) is 0 Å². The summed E-state index contributed by atoms with van der Waals surface area (Å²) in [4.78, 5) is 29.3. The van der Waals surface area contributed by atoms with E-state index in [1.165, 1.54) is 4.90 Å². The molecule has 7 nitrogen and oxygen atoms in total. The number of amides is 3. The molecular weight excluding hydrogens is 248 g/mol. The van der Waals surface area contributed by atoms with Crippen LogP contribution in [0.5, 0.6) is 0 Å². The third-order valence-electron chi connectivity index (χ3n) is 3.56. The van der Waals surface area contributed by atoms with E-state index in [9.17, 15) is 14.8 Å². The molecule has 2 fully saturated rings. The highest BCUT2D eigenvalue weighted by atomic mass is 16.5. The standard InChI is InChI=1S/C12H14N4O3/c17-11(14-10-3-1-2-6-13-10)9-5-4-8-7-15(9)12(18)16(8)19/h1-3,6,8-9,19H,4-5,7H2,(H,13,14,17)/t8-,9+/m1/s1. The first-order valence-corrected chi connectivity index (χ1v) is 6.17. The molecule has 0 aliphatic carbocycles. The SMILES string of the molecule is O=C(Nc1ccccn1)[C@@H]1CC[C@@H]2CN1C(=O)N2O. The van der Waals surface area contributed by atoms with Gasteiger partial charge in [-0.25, -0.2) is 14.8 Å². The Hall–Kier alpha value is -2.15. The van der Waals surface area contributed by atoms with Crippen LogP contribution < -0.4 is 5.32 Å². The number of carbonyl (C=O) groups is 2. The summed E-state index contributed by atoms with van der Waals surface area (Å²) in [6, 6.07) is 4.00. The maximum Gasteiger partial charge on any atom is 0.344 e. The summed E-state index contributed by atoms with van der Waals surface area (Å²) < 4.78 is 0. The van der Waals surface area contributed by atoms with Crippen LogP contribution in [0.1, 0.15) is 12.8 Å². The van der Waals surface area contributed by atoms with E-state index in [2.05, 4.69) is 10.3 Å². The minimum absolute atomic E-state index is 0.189. The molecule has 3 rings (SSSR count). The second-order valence-electron chi connectivity index (χ2n) is 4.73. The lowest BCUT2D eigenvalue weighted by Gasteiger charge is -2.28. The average molecular weight is 262 g/mol. The Morgan fingerprint density at radius 1 is 1.42 bits per heavy atom. The molecular formula is C12H14N4O3. The number of nitrogens with zero attached hydrogens (tertiary/aromatic N) is 3. The van der Waals surface area contributed by atoms with Crippen molar-refractivity contribution in [3.8, 4) is 0 Å². The van der Waals surface area contributed by atoms with Gasteiger partial charge in [0, 0.05) is 12.7 Å². The Balaban J connectivity index is 1.73. The number of rotatable bonds is 2. The smallest absolute Gasteiger partial charge is 0.309 e. The van der Waals surface area contributed by atoms with Crippen molar-refractivity contribution in [2.24, 2.45) is 0 Å². The van der Waals surface area contributed by atoms with Crippen molar-refractivity contribution < 1.29 is 14.8 Å². The van der Waals surface area contributed by atoms with Gasteiger partial charge >= 0.3 is 6.03 Å². The summed E-state index contributed by atoms with van der Waals surface area (Å²) in [7, 11) is 0. The number of hydroxylamine groups is 2. The lowest BCUT2D eigenvalue weighted by Crippen LogP contribution is -2.47. The minimum atomic E-state index is -0.539. The van der Waals surface area contributed by atoms with E-state index < -0.39 is 12.1 Å². The second-order valence-corrected chi connectivity index (χ2v) is 4.73. The number of anilines is 1. The molecule has 3 amide bonds. The number of carbonyl (C=O) groups excluding carboxylic acids is 2. The molecule has 19 heavy (non-hydrogen) atoms. The number of nitrogens with one attached hydrogen (secondary N) is 1. The van der Waals surface area contributed by atoms with E-state index in [1.54, 1.807) is 24.4 Å². The Bertz CT molecular complexity index is 507. The first kappa shape index (κ1) is 11.9. The summed E-state index contributed by atoms with van der Waals surface area (Å²) in [5.41, 5.74) is 0. The van der Waals surface area contributed by atoms with Crippen LogP contribution in [0.2, 0.25) is 0 Å². The third kappa shape index (κ3) is 2.01. The maximum atomic E-state index is 12.2. The summed E-state index contributed by atoms with van der Waals surface area (Å²) in [6.07, 6.45) is 2.76. The first-order chi connectivity index (χ1) is 9.16. The van der Waals surface area contributed by atoms with Gasteiger partial charge in [0.15, 0.2) is 0 Å². The van der Waals surface area contributed by atoms with Gasteiger partial charge < -0.3 is 10.2 Å². The largest absolute Gasteiger partial charge is 0.344 e. The lowest BCUT2D eigenvalue weighted by atomic mass is 10.0. The molecule has 0 unspecified atom stereocenters. The molecule has 2 bridgehead atoms. The highest BCUT2D eigenvalue weighted by Gasteiger charge is 2.46. The van der Waals surface area contributed by atoms with Crippen molar-refractivity contribution >= 4 is 17.8 Å². The van der Waals surface area contributed by atoms with Crippen LogP contribution in [-0.4, -0.2) is 50.7 Å². The van der Waals surface area contributed by atoms with Crippen molar-refractivity contribution in [3.05, 3.63) is 24.4 Å². The van der Waals surface area contributed by atoms with Crippen molar-refractivity contribution in [1.82, 2.24) is 14.9 Å². The molecule has 1 aromatic rings. The van der Waals surface area contributed by atoms with Crippen LogP contribution >= 0.6 is 0 Å². The third-order valence-corrected chi connectivity index (χ3v) is 3.56. The molecule has 3 heterocycles. The Morgan fingerprint density at radius 3 is 3.00 bits per heavy atom. The van der Waals surface area contributed by atoms with Gasteiger partial charge in [0.2, 0.25) is 5.91 Å². The molecule has 2 aliphatic heterocycles. The van der Waals surface area contributed by atoms with E-state index in [0.29, 0.717) is 25.2 Å². The predicted octanol–water partition coefficient (Wildman–Crippen LogP) is 0.678. The Kier molecular flexibility index (Phi) is 2.83. The molecule has 2 atom stereocenters. The van der Waals surface area contributed by atoms with Gasteiger partial charge in [0.1, 0.15) is 11.9 Å². The van der Waals surface area contributed by atoms with Crippen LogP contribution in [0.4, 0.5) is 10.6 Å². The van der Waals surface area contributed by atoms with Crippen LogP contribution in [0.25, 0.3) is 0 Å². The van der Waals surface area contributed by atoms with Crippen LogP contribution in [0.3, 0.4) is 0 Å². The number of hydrogen-bond donors (Lipinski definition) is 2. The van der Waals surface area contributed by atoms with Gasteiger partial charge in [-0.05, 0) is 25.0 Å². The number of piperidine rings is 1. The van der Waals surface area contributed by atoms with Crippen molar-refractivity contribution in [1.29, 1.82) is 0 Å². The van der Waals surface area contributed by atoms with Gasteiger partial charge in [0.05, 0.1) is 6.04 Å². The van der Waals surface area contributed by atoms with Crippen LogP contribution in [0.15, 0.2) is 24.4 Å². The predicted molar refractivity (Wildman–Crippen MR) is 65.4 cm³/mol. The molecule has 1 aromatic heterocycles. The van der Waals surface area contributed by atoms with E-state index in [0.717, 1.165) is 5.06 Å². The number of pyridine rings is 1.